The molecule has 3 rings (SSSR count). The van der Waals surface area contributed by atoms with Crippen LogP contribution in [0.5, 0.6) is 0 Å². The maximum absolute atomic E-state index is 13.1. The smallest absolute Gasteiger partial charge is 0.257 e. The third-order valence-corrected chi connectivity index (χ3v) is 5.20. The molecule has 0 aliphatic carbocycles. The fourth-order valence-electron chi connectivity index (χ4n) is 3.23. The van der Waals surface area contributed by atoms with Gasteiger partial charge in [-0.3, -0.25) is 14.6 Å². The molecule has 0 atom stereocenters. The molecule has 0 saturated carbocycles. The van der Waals surface area contributed by atoms with Crippen molar-refractivity contribution in [2.45, 2.75) is 20.0 Å². The van der Waals surface area contributed by atoms with Crippen LogP contribution in [-0.4, -0.2) is 47.2 Å². The second-order valence-corrected chi connectivity index (χ2v) is 7.49. The zero-order valence-corrected chi connectivity index (χ0v) is 16.9. The van der Waals surface area contributed by atoms with E-state index in [1.807, 2.05) is 6.92 Å². The second kappa shape index (κ2) is 7.46. The molecule has 0 spiro atoms. The van der Waals surface area contributed by atoms with Crippen molar-refractivity contribution >= 4 is 35.0 Å². The lowest BCUT2D eigenvalue weighted by Crippen LogP contribution is -2.36. The quantitative estimate of drug-likeness (QED) is 0.846. The van der Waals surface area contributed by atoms with Crippen LogP contribution in [0, 0.1) is 6.92 Å². The number of nitrogens with two attached hydrogens (primary N) is 1. The lowest BCUT2D eigenvalue weighted by Gasteiger charge is -2.18. The molecule has 0 unspecified atom stereocenters. The largest absolute Gasteiger partial charge is 0.347 e. The Morgan fingerprint density at radius 1 is 1.30 bits per heavy atom. The molecule has 2 N–H and O–H groups in total. The Kier molecular flexibility index (Phi) is 5.42. The first-order valence-electron chi connectivity index (χ1n) is 8.41. The number of aryl methyl sites for hydroxylation is 1. The zero-order valence-electron chi connectivity index (χ0n) is 15.3. The molecule has 0 radical (unpaired) electrons. The van der Waals surface area contributed by atoms with Crippen LogP contribution in [0.1, 0.15) is 27.3 Å². The normalized spacial score (nSPS) is 13.1. The van der Waals surface area contributed by atoms with E-state index in [2.05, 4.69) is 4.98 Å². The first-order chi connectivity index (χ1) is 12.7. The first-order valence-corrected chi connectivity index (χ1v) is 9.17. The van der Waals surface area contributed by atoms with Crippen LogP contribution in [0.25, 0.3) is 11.1 Å². The van der Waals surface area contributed by atoms with Crippen LogP contribution in [0.4, 0.5) is 0 Å². The number of rotatable bonds is 4. The molecule has 2 heterocycles. The number of halogens is 2. The van der Waals surface area contributed by atoms with Gasteiger partial charge < -0.3 is 15.5 Å². The van der Waals surface area contributed by atoms with Gasteiger partial charge in [0, 0.05) is 47.5 Å². The summed E-state index contributed by atoms with van der Waals surface area (Å²) in [5.74, 6) is -0.401. The predicted octanol–water partition coefficient (Wildman–Crippen LogP) is 2.87. The predicted molar refractivity (Wildman–Crippen MR) is 106 cm³/mol. The van der Waals surface area contributed by atoms with Gasteiger partial charge in [-0.25, -0.2) is 0 Å². The van der Waals surface area contributed by atoms with E-state index < -0.39 is 0 Å². The van der Waals surface area contributed by atoms with E-state index in [1.165, 1.54) is 9.80 Å². The van der Waals surface area contributed by atoms with Crippen molar-refractivity contribution in [2.75, 3.05) is 20.6 Å². The van der Waals surface area contributed by atoms with Gasteiger partial charge in [-0.2, -0.15) is 0 Å². The second-order valence-electron chi connectivity index (χ2n) is 6.65. The summed E-state index contributed by atoms with van der Waals surface area (Å²) in [6.45, 7) is 2.34. The molecule has 27 heavy (non-hydrogen) atoms. The molecule has 1 aromatic carbocycles. The number of benzene rings is 1. The average molecular weight is 407 g/mol. The Morgan fingerprint density at radius 3 is 2.59 bits per heavy atom. The van der Waals surface area contributed by atoms with Gasteiger partial charge in [0.1, 0.15) is 6.54 Å². The minimum Gasteiger partial charge on any atom is -0.347 e. The van der Waals surface area contributed by atoms with Crippen molar-refractivity contribution in [1.82, 2.24) is 14.8 Å². The Morgan fingerprint density at radius 2 is 2.00 bits per heavy atom. The highest BCUT2D eigenvalue weighted by atomic mass is 35.5. The first kappa shape index (κ1) is 19.6. The number of nitrogens with zero attached hydrogens (tertiary/aromatic N) is 3. The molecule has 0 saturated heterocycles. The van der Waals surface area contributed by atoms with Gasteiger partial charge in [0.05, 0.1) is 17.8 Å². The number of hydrogen-bond donors (Lipinski definition) is 1. The molecule has 1 aromatic heterocycles. The zero-order chi connectivity index (χ0) is 19.9. The summed E-state index contributed by atoms with van der Waals surface area (Å²) in [5.41, 5.74) is 9.90. The van der Waals surface area contributed by atoms with Crippen LogP contribution in [0.15, 0.2) is 18.2 Å². The van der Waals surface area contributed by atoms with Gasteiger partial charge >= 0.3 is 0 Å². The minimum atomic E-state index is -0.247. The molecule has 142 valence electrons. The lowest BCUT2D eigenvalue weighted by molar-refractivity contribution is -0.129. The number of carbonyl (C=O) groups is 2. The number of fused-ring (bicyclic) bond motifs is 1. The molecule has 0 fully saturated rings. The molecular formula is C19H20Cl2N4O2. The Hall–Kier alpha value is -2.15. The number of aromatic nitrogens is 1. The molecule has 6 nitrogen and oxygen atoms in total. The van der Waals surface area contributed by atoms with E-state index in [0.717, 1.165) is 11.3 Å². The number of carbonyl (C=O) groups excluding carboxylic acids is 2. The maximum Gasteiger partial charge on any atom is 0.257 e. The summed E-state index contributed by atoms with van der Waals surface area (Å²) in [7, 11) is 3.31. The van der Waals surface area contributed by atoms with Gasteiger partial charge in [0.25, 0.3) is 5.91 Å². The fraction of sp³-hybridized carbons (Fsp3) is 0.316. The molecular weight excluding hydrogens is 387 g/mol. The van der Waals surface area contributed by atoms with Crippen molar-refractivity contribution in [3.05, 3.63) is 50.8 Å². The van der Waals surface area contributed by atoms with Crippen molar-refractivity contribution < 1.29 is 9.59 Å². The summed E-state index contributed by atoms with van der Waals surface area (Å²) in [5, 5.41) is 0.936. The summed E-state index contributed by atoms with van der Waals surface area (Å²) < 4.78 is 0. The molecule has 2 aromatic rings. The van der Waals surface area contributed by atoms with Gasteiger partial charge in [-0.1, -0.05) is 29.3 Å². The highest BCUT2D eigenvalue weighted by Crippen LogP contribution is 2.39. The molecule has 2 amide bonds. The Balaban J connectivity index is 2.17. The van der Waals surface area contributed by atoms with Crippen molar-refractivity contribution in [3.8, 4) is 11.1 Å². The lowest BCUT2D eigenvalue weighted by atomic mass is 9.93. The third kappa shape index (κ3) is 3.52. The van der Waals surface area contributed by atoms with Crippen LogP contribution in [-0.2, 0) is 17.9 Å². The van der Waals surface area contributed by atoms with Crippen LogP contribution < -0.4 is 5.73 Å². The number of hydrogen-bond acceptors (Lipinski definition) is 4. The van der Waals surface area contributed by atoms with E-state index in [9.17, 15) is 9.59 Å². The Bertz CT molecular complexity index is 944. The number of likely N-dealkylation sites (N-methyl/N-ethyl adjacent to an activating group) is 1. The highest BCUT2D eigenvalue weighted by Gasteiger charge is 2.35. The van der Waals surface area contributed by atoms with E-state index >= 15 is 0 Å². The van der Waals surface area contributed by atoms with E-state index in [1.54, 1.807) is 32.3 Å². The van der Waals surface area contributed by atoms with Crippen LogP contribution >= 0.6 is 23.2 Å². The highest BCUT2D eigenvalue weighted by molar-refractivity contribution is 6.36. The third-order valence-electron chi connectivity index (χ3n) is 4.65. The minimum absolute atomic E-state index is 0.00696. The molecule has 1 aliphatic rings. The van der Waals surface area contributed by atoms with Crippen LogP contribution in [0.3, 0.4) is 0 Å². The maximum atomic E-state index is 13.1. The monoisotopic (exact) mass is 406 g/mol. The standard InChI is InChI=1S/C19H20Cl2N4O2/c1-10-13(7-22)17(12-5-4-11(20)6-14(12)21)18-15(23-10)8-25(19(18)27)9-16(26)24(2)3/h4-6H,7-9,22H2,1-3H3. The Labute approximate surface area is 167 Å². The van der Waals surface area contributed by atoms with Crippen molar-refractivity contribution in [1.29, 1.82) is 0 Å². The number of pyridine rings is 1. The van der Waals surface area contributed by atoms with E-state index in [0.29, 0.717) is 32.4 Å². The van der Waals surface area contributed by atoms with Crippen molar-refractivity contribution in [2.24, 2.45) is 5.73 Å². The summed E-state index contributed by atoms with van der Waals surface area (Å²) in [4.78, 5) is 32.7. The van der Waals surface area contributed by atoms with Gasteiger partial charge in [0.2, 0.25) is 5.91 Å². The summed E-state index contributed by atoms with van der Waals surface area (Å²) in [6.07, 6.45) is 0. The SMILES string of the molecule is Cc1nc2c(c(-c3ccc(Cl)cc3Cl)c1CN)C(=O)N(CC(=O)N(C)C)C2. The van der Waals surface area contributed by atoms with Gasteiger partial charge in [-0.15, -0.1) is 0 Å². The van der Waals surface area contributed by atoms with E-state index in [-0.39, 0.29) is 31.4 Å². The average Bonchev–Trinajstić information content (AvgIpc) is 2.89. The van der Waals surface area contributed by atoms with Crippen molar-refractivity contribution in [3.63, 3.8) is 0 Å². The number of amides is 2. The van der Waals surface area contributed by atoms with Crippen LogP contribution in [0.2, 0.25) is 10.0 Å². The fourth-order valence-corrected chi connectivity index (χ4v) is 3.73. The van der Waals surface area contributed by atoms with E-state index in [4.69, 9.17) is 28.9 Å². The molecule has 8 heteroatoms. The molecule has 1 aliphatic heterocycles. The summed E-state index contributed by atoms with van der Waals surface area (Å²) >= 11 is 12.5. The van der Waals surface area contributed by atoms with Gasteiger partial charge in [-0.05, 0) is 24.6 Å². The molecule has 0 bridgehead atoms. The van der Waals surface area contributed by atoms with Gasteiger partial charge in [0.15, 0.2) is 0 Å². The summed E-state index contributed by atoms with van der Waals surface area (Å²) in [6, 6.07) is 5.13. The topological polar surface area (TPSA) is 79.5 Å².